The fourth-order valence-electron chi connectivity index (χ4n) is 4.02. The summed E-state index contributed by atoms with van der Waals surface area (Å²) in [6.45, 7) is 3.40. The molecule has 0 amide bonds. The Kier molecular flexibility index (Phi) is 10.0. The highest BCUT2D eigenvalue weighted by Crippen LogP contribution is 2.29. The second-order valence-electron chi connectivity index (χ2n) is 9.18. The van der Waals surface area contributed by atoms with E-state index >= 15 is 0 Å². The monoisotopic (exact) mass is 679 g/mol. The van der Waals surface area contributed by atoms with Crippen LogP contribution in [-0.4, -0.2) is 56.1 Å². The largest absolute Gasteiger partial charge is 0.350 e. The summed E-state index contributed by atoms with van der Waals surface area (Å²) in [6.07, 6.45) is 0.416. The number of alkyl halides is 2. The number of benzene rings is 2. The number of pyridine rings is 1. The third kappa shape index (κ3) is 7.94. The van der Waals surface area contributed by atoms with Crippen LogP contribution in [0.4, 0.5) is 20.2 Å². The van der Waals surface area contributed by atoms with E-state index in [4.69, 9.17) is 5.26 Å². The summed E-state index contributed by atoms with van der Waals surface area (Å²) in [5.74, 6) is -1.10. The molecule has 0 radical (unpaired) electrons. The Morgan fingerprint density at radius 3 is 2.65 bits per heavy atom. The molecule has 0 fully saturated rings. The molecular weight excluding hydrogens is 651 g/mol. The standard InChI is InChI=1S/C27H28F2IN7O2S/c1-17-10-24(35-25-15-34-27(36-26(17)25)33-9-8-32-14-21(28)12-30)20-6-7-23(22(29)11-20)37-40(38,39)16-19-4-2-18(13-31)3-5-19/h2-7,10-11,15,21,27,32-33,36-37H,8-9,12,14,16H2,1H3/t21-,27?/m0/s1. The lowest BCUT2D eigenvalue weighted by Gasteiger charge is -2.24. The molecule has 1 aliphatic heterocycles. The minimum absolute atomic E-state index is 0.171. The lowest BCUT2D eigenvalue weighted by Crippen LogP contribution is -2.41. The Morgan fingerprint density at radius 1 is 1.18 bits per heavy atom. The summed E-state index contributed by atoms with van der Waals surface area (Å²) in [5.41, 5.74) is 4.00. The average Bonchev–Trinajstić information content (AvgIpc) is 2.94. The zero-order valence-corrected chi connectivity index (χ0v) is 24.6. The number of aliphatic imine (C=N–C) groups is 1. The van der Waals surface area contributed by atoms with Crippen molar-refractivity contribution in [1.82, 2.24) is 15.6 Å². The Bertz CT molecular complexity index is 1530. The molecule has 210 valence electrons. The van der Waals surface area contributed by atoms with Gasteiger partial charge in [-0.15, -0.1) is 0 Å². The predicted molar refractivity (Wildman–Crippen MR) is 161 cm³/mol. The van der Waals surface area contributed by atoms with E-state index in [1.165, 1.54) is 24.3 Å². The SMILES string of the molecule is Cc1cc(-c2ccc(NS(=O)(=O)Cc3ccc(C#N)cc3)c(F)c2)nc2c1NC(NCCNC[C@@H](F)CI)N=C2. The molecule has 9 nitrogen and oxygen atoms in total. The maximum absolute atomic E-state index is 15.0. The number of sulfonamides is 1. The van der Waals surface area contributed by atoms with Gasteiger partial charge in [-0.3, -0.25) is 15.0 Å². The van der Waals surface area contributed by atoms with Gasteiger partial charge in [0.2, 0.25) is 10.0 Å². The summed E-state index contributed by atoms with van der Waals surface area (Å²) >= 11 is 2.02. The van der Waals surface area contributed by atoms with Crippen LogP contribution in [0.3, 0.4) is 0 Å². The number of aryl methyl sites for hydroxylation is 1. The van der Waals surface area contributed by atoms with Crippen LogP contribution in [0.25, 0.3) is 11.3 Å². The quantitative estimate of drug-likeness (QED) is 0.129. The maximum Gasteiger partial charge on any atom is 0.237 e. The second kappa shape index (κ2) is 13.4. The first kappa shape index (κ1) is 29.8. The molecule has 4 rings (SSSR count). The van der Waals surface area contributed by atoms with Crippen LogP contribution in [0, 0.1) is 24.1 Å². The Hall–Kier alpha value is -3.19. The summed E-state index contributed by atoms with van der Waals surface area (Å²) in [5, 5.41) is 18.5. The number of nitriles is 1. The number of halogens is 3. The minimum Gasteiger partial charge on any atom is -0.350 e. The Labute approximate surface area is 245 Å². The molecule has 4 N–H and O–H groups in total. The first-order valence-corrected chi connectivity index (χ1v) is 15.6. The molecule has 0 aliphatic carbocycles. The molecule has 1 aromatic heterocycles. The summed E-state index contributed by atoms with van der Waals surface area (Å²) in [6, 6.07) is 14.1. The smallest absolute Gasteiger partial charge is 0.237 e. The summed E-state index contributed by atoms with van der Waals surface area (Å²) in [7, 11) is -3.89. The van der Waals surface area contributed by atoms with Crippen molar-refractivity contribution in [2.75, 3.05) is 34.1 Å². The molecule has 0 bridgehead atoms. The van der Waals surface area contributed by atoms with E-state index < -0.39 is 22.0 Å². The molecule has 2 atom stereocenters. The van der Waals surface area contributed by atoms with Crippen LogP contribution in [0.2, 0.25) is 0 Å². The molecule has 2 heterocycles. The van der Waals surface area contributed by atoms with Crippen LogP contribution >= 0.6 is 22.6 Å². The summed E-state index contributed by atoms with van der Waals surface area (Å²) < 4.78 is 56.2. The fourth-order valence-corrected chi connectivity index (χ4v) is 5.53. The number of aromatic nitrogens is 1. The van der Waals surface area contributed by atoms with Crippen molar-refractivity contribution in [2.45, 2.75) is 25.1 Å². The topological polar surface area (TPSA) is 131 Å². The first-order valence-electron chi connectivity index (χ1n) is 12.4. The number of hydrogen-bond acceptors (Lipinski definition) is 8. The predicted octanol–water partition coefficient (Wildman–Crippen LogP) is 4.09. The van der Waals surface area contributed by atoms with Crippen LogP contribution in [0.1, 0.15) is 22.4 Å². The molecule has 1 aliphatic rings. The van der Waals surface area contributed by atoms with E-state index in [1.54, 1.807) is 24.4 Å². The maximum atomic E-state index is 15.0. The number of fused-ring (bicyclic) bond motifs is 1. The van der Waals surface area contributed by atoms with Crippen LogP contribution in [-0.2, 0) is 15.8 Å². The third-order valence-electron chi connectivity index (χ3n) is 6.01. The van der Waals surface area contributed by atoms with E-state index in [0.29, 0.717) is 52.1 Å². The fraction of sp³-hybridized carbons (Fsp3) is 0.296. The van der Waals surface area contributed by atoms with Crippen molar-refractivity contribution in [1.29, 1.82) is 5.26 Å². The van der Waals surface area contributed by atoms with E-state index in [1.807, 2.05) is 41.7 Å². The highest BCUT2D eigenvalue weighted by molar-refractivity contribution is 14.1. The normalized spacial score (nSPS) is 15.1. The third-order valence-corrected chi connectivity index (χ3v) is 8.21. The van der Waals surface area contributed by atoms with E-state index in [0.717, 1.165) is 11.3 Å². The van der Waals surface area contributed by atoms with Crippen LogP contribution in [0.15, 0.2) is 53.5 Å². The number of nitrogens with one attached hydrogen (secondary N) is 4. The highest BCUT2D eigenvalue weighted by atomic mass is 127. The van der Waals surface area contributed by atoms with E-state index in [9.17, 15) is 17.2 Å². The van der Waals surface area contributed by atoms with Gasteiger partial charge in [-0.1, -0.05) is 40.8 Å². The van der Waals surface area contributed by atoms with Gasteiger partial charge in [0.1, 0.15) is 17.7 Å². The van der Waals surface area contributed by atoms with Crippen LogP contribution in [0.5, 0.6) is 0 Å². The molecule has 40 heavy (non-hydrogen) atoms. The number of hydrogen-bond donors (Lipinski definition) is 4. The van der Waals surface area contributed by atoms with Crippen molar-refractivity contribution in [3.8, 4) is 17.3 Å². The first-order chi connectivity index (χ1) is 19.2. The van der Waals surface area contributed by atoms with Crippen molar-refractivity contribution in [3.05, 3.63) is 76.7 Å². The van der Waals surface area contributed by atoms with Gasteiger partial charge < -0.3 is 10.6 Å². The number of nitrogens with zero attached hydrogens (tertiary/aromatic N) is 3. The molecule has 0 spiro atoms. The van der Waals surface area contributed by atoms with Crippen molar-refractivity contribution >= 4 is 50.2 Å². The Morgan fingerprint density at radius 2 is 1.95 bits per heavy atom. The molecule has 1 unspecified atom stereocenters. The van der Waals surface area contributed by atoms with Crippen molar-refractivity contribution in [2.24, 2.45) is 4.99 Å². The van der Waals surface area contributed by atoms with Gasteiger partial charge in [-0.2, -0.15) is 5.26 Å². The highest BCUT2D eigenvalue weighted by Gasteiger charge is 2.19. The van der Waals surface area contributed by atoms with Gasteiger partial charge in [0.05, 0.1) is 40.7 Å². The molecule has 0 saturated heterocycles. The molecule has 2 aromatic carbocycles. The second-order valence-corrected chi connectivity index (χ2v) is 11.8. The molecule has 0 saturated carbocycles. The van der Waals surface area contributed by atoms with E-state index in [2.05, 4.69) is 30.6 Å². The number of rotatable bonds is 12. The van der Waals surface area contributed by atoms with Crippen molar-refractivity contribution in [3.63, 3.8) is 0 Å². The average molecular weight is 680 g/mol. The lowest BCUT2D eigenvalue weighted by molar-refractivity contribution is 0.353. The van der Waals surface area contributed by atoms with Gasteiger partial charge >= 0.3 is 0 Å². The van der Waals surface area contributed by atoms with Gasteiger partial charge in [-0.05, 0) is 48.4 Å². The lowest BCUT2D eigenvalue weighted by atomic mass is 10.1. The van der Waals surface area contributed by atoms with Crippen molar-refractivity contribution < 1.29 is 17.2 Å². The molecule has 3 aromatic rings. The Balaban J connectivity index is 1.40. The molecular formula is C27H28F2IN7O2S. The zero-order valence-electron chi connectivity index (χ0n) is 21.6. The zero-order chi connectivity index (χ0) is 28.7. The molecule has 13 heteroatoms. The van der Waals surface area contributed by atoms with Gasteiger partial charge in [0.25, 0.3) is 0 Å². The van der Waals surface area contributed by atoms with Gasteiger partial charge in [-0.25, -0.2) is 22.2 Å². The number of anilines is 2. The summed E-state index contributed by atoms with van der Waals surface area (Å²) in [4.78, 5) is 9.04. The van der Waals surface area contributed by atoms with Gasteiger partial charge in [0.15, 0.2) is 6.29 Å². The van der Waals surface area contributed by atoms with Crippen LogP contribution < -0.4 is 20.7 Å². The van der Waals surface area contributed by atoms with Gasteiger partial charge in [0, 0.05) is 29.6 Å². The van der Waals surface area contributed by atoms with E-state index in [-0.39, 0.29) is 17.7 Å². The minimum atomic E-state index is -3.89.